The molecule has 0 aliphatic heterocycles. The molecule has 1 amide bonds. The molecule has 3 rings (SSSR count). The second kappa shape index (κ2) is 10.8. The number of thiophene rings is 1. The Kier molecular flexibility index (Phi) is 8.19. The first kappa shape index (κ1) is 22.7. The van der Waals surface area contributed by atoms with E-state index in [4.69, 9.17) is 0 Å². The number of hydrogen-bond donors (Lipinski definition) is 0. The molecule has 0 N–H and O–H groups in total. The monoisotopic (exact) mass is 441 g/mol. The number of benzene rings is 1. The van der Waals surface area contributed by atoms with Gasteiger partial charge in [-0.3, -0.25) is 9.69 Å². The Hall–Kier alpha value is -2.02. The highest BCUT2D eigenvalue weighted by Gasteiger charge is 2.18. The average Bonchev–Trinajstić information content (AvgIpc) is 3.35. The van der Waals surface area contributed by atoms with E-state index in [2.05, 4.69) is 42.8 Å². The SMILES string of the molecule is Cc1ccc(CN(CCC(C)C)Cc2nc(C(=O)N(C)Cc3ccccc3)cs2)s1. The predicted molar refractivity (Wildman–Crippen MR) is 127 cm³/mol. The van der Waals surface area contributed by atoms with Crippen molar-refractivity contribution in [2.24, 2.45) is 5.92 Å². The van der Waals surface area contributed by atoms with Crippen molar-refractivity contribution in [3.05, 3.63) is 73.9 Å². The van der Waals surface area contributed by atoms with E-state index in [1.54, 1.807) is 16.2 Å². The first-order valence-corrected chi connectivity index (χ1v) is 12.1. The van der Waals surface area contributed by atoms with Gasteiger partial charge in [-0.1, -0.05) is 44.2 Å². The van der Waals surface area contributed by atoms with Crippen LogP contribution in [0.25, 0.3) is 0 Å². The summed E-state index contributed by atoms with van der Waals surface area (Å²) >= 11 is 3.44. The van der Waals surface area contributed by atoms with E-state index in [0.29, 0.717) is 18.2 Å². The Morgan fingerprint density at radius 2 is 1.83 bits per heavy atom. The van der Waals surface area contributed by atoms with Crippen LogP contribution in [0, 0.1) is 12.8 Å². The van der Waals surface area contributed by atoms with Gasteiger partial charge in [0.05, 0.1) is 6.54 Å². The quantitative estimate of drug-likeness (QED) is 0.397. The summed E-state index contributed by atoms with van der Waals surface area (Å²) in [6.45, 7) is 10.0. The molecule has 0 aliphatic carbocycles. The molecule has 160 valence electrons. The molecule has 4 nitrogen and oxygen atoms in total. The second-order valence-electron chi connectivity index (χ2n) is 8.18. The summed E-state index contributed by atoms with van der Waals surface area (Å²) in [5.74, 6) is 0.640. The van der Waals surface area contributed by atoms with Crippen molar-refractivity contribution < 1.29 is 4.79 Å². The van der Waals surface area contributed by atoms with Gasteiger partial charge in [0.1, 0.15) is 10.7 Å². The van der Waals surface area contributed by atoms with E-state index in [1.807, 2.05) is 54.1 Å². The van der Waals surface area contributed by atoms with Crippen LogP contribution >= 0.6 is 22.7 Å². The normalized spacial score (nSPS) is 11.4. The summed E-state index contributed by atoms with van der Waals surface area (Å²) in [5.41, 5.74) is 1.67. The van der Waals surface area contributed by atoms with Crippen LogP contribution in [0.4, 0.5) is 0 Å². The lowest BCUT2D eigenvalue weighted by atomic mass is 10.1. The third-order valence-corrected chi connectivity index (χ3v) is 6.76. The number of carbonyl (C=O) groups is 1. The minimum atomic E-state index is -0.0241. The maximum absolute atomic E-state index is 12.8. The van der Waals surface area contributed by atoms with Gasteiger partial charge >= 0.3 is 0 Å². The topological polar surface area (TPSA) is 36.4 Å². The minimum Gasteiger partial charge on any atom is -0.336 e. The van der Waals surface area contributed by atoms with Crippen molar-refractivity contribution in [1.82, 2.24) is 14.8 Å². The summed E-state index contributed by atoms with van der Waals surface area (Å²) in [6, 6.07) is 14.5. The van der Waals surface area contributed by atoms with Gasteiger partial charge < -0.3 is 4.90 Å². The molecule has 0 radical (unpaired) electrons. The summed E-state index contributed by atoms with van der Waals surface area (Å²) < 4.78 is 0. The number of carbonyl (C=O) groups excluding carboxylic acids is 1. The first-order chi connectivity index (χ1) is 14.4. The zero-order chi connectivity index (χ0) is 21.5. The van der Waals surface area contributed by atoms with Crippen LogP contribution < -0.4 is 0 Å². The summed E-state index contributed by atoms with van der Waals surface area (Å²) in [5, 5.41) is 2.90. The van der Waals surface area contributed by atoms with E-state index < -0.39 is 0 Å². The predicted octanol–water partition coefficient (Wildman–Crippen LogP) is 5.83. The van der Waals surface area contributed by atoms with Gasteiger partial charge in [0.15, 0.2) is 0 Å². The molecule has 3 aromatic rings. The lowest BCUT2D eigenvalue weighted by Crippen LogP contribution is -2.27. The molecular formula is C24H31N3OS2. The Bertz CT molecular complexity index is 933. The van der Waals surface area contributed by atoms with Crippen molar-refractivity contribution in [2.75, 3.05) is 13.6 Å². The average molecular weight is 442 g/mol. The zero-order valence-corrected chi connectivity index (χ0v) is 19.9. The lowest BCUT2D eigenvalue weighted by molar-refractivity contribution is 0.0779. The van der Waals surface area contributed by atoms with Crippen LogP contribution in [0.15, 0.2) is 47.8 Å². The number of rotatable bonds is 10. The fourth-order valence-electron chi connectivity index (χ4n) is 3.24. The summed E-state index contributed by atoms with van der Waals surface area (Å²) in [6.07, 6.45) is 1.15. The van der Waals surface area contributed by atoms with Crippen LogP contribution in [0.3, 0.4) is 0 Å². The smallest absolute Gasteiger partial charge is 0.273 e. The molecule has 0 unspecified atom stereocenters. The number of nitrogens with zero attached hydrogens (tertiary/aromatic N) is 3. The fourth-order valence-corrected chi connectivity index (χ4v) is 4.99. The van der Waals surface area contributed by atoms with Crippen molar-refractivity contribution in [1.29, 1.82) is 0 Å². The molecule has 0 bridgehead atoms. The number of amides is 1. The molecule has 0 saturated carbocycles. The zero-order valence-electron chi connectivity index (χ0n) is 18.3. The number of thiazole rings is 1. The van der Waals surface area contributed by atoms with Gasteiger partial charge in [-0.25, -0.2) is 4.98 Å². The molecule has 0 spiro atoms. The van der Waals surface area contributed by atoms with E-state index in [-0.39, 0.29) is 5.91 Å². The van der Waals surface area contributed by atoms with Gasteiger partial charge in [-0.2, -0.15) is 0 Å². The lowest BCUT2D eigenvalue weighted by Gasteiger charge is -2.21. The van der Waals surface area contributed by atoms with Crippen LogP contribution in [0.1, 0.15) is 51.1 Å². The molecule has 0 aliphatic rings. The molecule has 0 saturated heterocycles. The Morgan fingerprint density at radius 1 is 1.07 bits per heavy atom. The van der Waals surface area contributed by atoms with Gasteiger partial charge in [-0.15, -0.1) is 22.7 Å². The van der Waals surface area contributed by atoms with Gasteiger partial charge in [0.2, 0.25) is 0 Å². The highest BCUT2D eigenvalue weighted by molar-refractivity contribution is 7.11. The highest BCUT2D eigenvalue weighted by Crippen LogP contribution is 2.21. The number of hydrogen-bond acceptors (Lipinski definition) is 5. The van der Waals surface area contributed by atoms with Crippen LogP contribution in [0.5, 0.6) is 0 Å². The Balaban J connectivity index is 1.63. The summed E-state index contributed by atoms with van der Waals surface area (Å²) in [4.78, 5) is 24.4. The Morgan fingerprint density at radius 3 is 2.50 bits per heavy atom. The molecule has 0 atom stereocenters. The minimum absolute atomic E-state index is 0.0241. The molecule has 2 aromatic heterocycles. The molecule has 0 fully saturated rings. The van der Waals surface area contributed by atoms with Crippen LogP contribution in [-0.4, -0.2) is 34.3 Å². The maximum atomic E-state index is 12.8. The second-order valence-corrected chi connectivity index (χ2v) is 10.5. The fraction of sp³-hybridized carbons (Fsp3) is 0.417. The third-order valence-electron chi connectivity index (χ3n) is 4.94. The van der Waals surface area contributed by atoms with E-state index in [0.717, 1.165) is 36.6 Å². The molecule has 2 heterocycles. The van der Waals surface area contributed by atoms with Crippen molar-refractivity contribution in [3.8, 4) is 0 Å². The largest absolute Gasteiger partial charge is 0.336 e. The van der Waals surface area contributed by atoms with Crippen molar-refractivity contribution in [2.45, 2.75) is 46.8 Å². The third kappa shape index (κ3) is 6.76. The van der Waals surface area contributed by atoms with Crippen molar-refractivity contribution >= 4 is 28.6 Å². The van der Waals surface area contributed by atoms with E-state index >= 15 is 0 Å². The standard InChI is InChI=1S/C24H31N3OS2/c1-18(2)12-13-27(15-21-11-10-19(3)30-21)16-23-25-22(17-29-23)24(28)26(4)14-20-8-6-5-7-9-20/h5-11,17-18H,12-16H2,1-4H3. The molecule has 30 heavy (non-hydrogen) atoms. The molecule has 1 aromatic carbocycles. The molecular weight excluding hydrogens is 410 g/mol. The first-order valence-electron chi connectivity index (χ1n) is 10.4. The summed E-state index contributed by atoms with van der Waals surface area (Å²) in [7, 11) is 1.84. The van der Waals surface area contributed by atoms with Gasteiger partial charge in [0.25, 0.3) is 5.91 Å². The highest BCUT2D eigenvalue weighted by atomic mass is 32.1. The molecule has 6 heteroatoms. The van der Waals surface area contributed by atoms with Crippen LogP contribution in [-0.2, 0) is 19.6 Å². The van der Waals surface area contributed by atoms with Gasteiger partial charge in [0, 0.05) is 35.3 Å². The van der Waals surface area contributed by atoms with Crippen molar-refractivity contribution in [3.63, 3.8) is 0 Å². The van der Waals surface area contributed by atoms with Crippen LogP contribution in [0.2, 0.25) is 0 Å². The maximum Gasteiger partial charge on any atom is 0.273 e. The van der Waals surface area contributed by atoms with E-state index in [9.17, 15) is 4.79 Å². The van der Waals surface area contributed by atoms with E-state index in [1.165, 1.54) is 9.75 Å². The number of aryl methyl sites for hydroxylation is 1. The van der Waals surface area contributed by atoms with Gasteiger partial charge in [-0.05, 0) is 43.5 Å². The Labute approximate surface area is 188 Å². The number of aromatic nitrogens is 1.